The molecule has 2 aliphatic heterocycles. The topological polar surface area (TPSA) is 86.9 Å². The molecule has 8 heteroatoms. The fraction of sp³-hybridized carbons (Fsp3) is 0.391. The lowest BCUT2D eigenvalue weighted by atomic mass is 9.93. The van der Waals surface area contributed by atoms with Crippen molar-refractivity contribution in [3.8, 4) is 11.5 Å². The van der Waals surface area contributed by atoms with Crippen LogP contribution in [0.3, 0.4) is 0 Å². The van der Waals surface area contributed by atoms with E-state index < -0.39 is 6.10 Å². The number of likely N-dealkylation sites (N-methyl/N-ethyl adjacent to an activating group) is 1. The van der Waals surface area contributed by atoms with Crippen LogP contribution in [0.2, 0.25) is 0 Å². The SMILES string of the molecule is CNC(=O)CN1C(=O)C(C(C)C)Oc2c(C3=CN(C)Cc4[nH]ccc43)cc(OC)cc21. The van der Waals surface area contributed by atoms with Crippen molar-refractivity contribution in [3.05, 3.63) is 47.4 Å². The van der Waals surface area contributed by atoms with E-state index in [1.807, 2.05) is 39.2 Å². The maximum absolute atomic E-state index is 13.2. The molecule has 31 heavy (non-hydrogen) atoms. The summed E-state index contributed by atoms with van der Waals surface area (Å²) in [5, 5.41) is 2.60. The monoisotopic (exact) mass is 424 g/mol. The Morgan fingerprint density at radius 2 is 2.13 bits per heavy atom. The second kappa shape index (κ2) is 8.02. The van der Waals surface area contributed by atoms with Gasteiger partial charge in [-0.25, -0.2) is 0 Å². The number of carbonyl (C=O) groups is 2. The number of amides is 2. The van der Waals surface area contributed by atoms with Crippen molar-refractivity contribution in [1.29, 1.82) is 0 Å². The van der Waals surface area contributed by atoms with Crippen molar-refractivity contribution < 1.29 is 19.1 Å². The Balaban J connectivity index is 1.93. The third-order valence-corrected chi connectivity index (χ3v) is 5.68. The van der Waals surface area contributed by atoms with Crippen LogP contribution in [0.15, 0.2) is 30.6 Å². The maximum Gasteiger partial charge on any atom is 0.268 e. The highest BCUT2D eigenvalue weighted by molar-refractivity contribution is 6.05. The summed E-state index contributed by atoms with van der Waals surface area (Å²) < 4.78 is 11.9. The van der Waals surface area contributed by atoms with Gasteiger partial charge in [-0.1, -0.05) is 13.8 Å². The third-order valence-electron chi connectivity index (χ3n) is 5.68. The summed E-state index contributed by atoms with van der Waals surface area (Å²) in [6.07, 6.45) is 3.30. The Morgan fingerprint density at radius 3 is 2.81 bits per heavy atom. The van der Waals surface area contributed by atoms with Gasteiger partial charge in [0.25, 0.3) is 5.91 Å². The van der Waals surface area contributed by atoms with Gasteiger partial charge in [0.15, 0.2) is 11.9 Å². The molecular formula is C23H28N4O4. The van der Waals surface area contributed by atoms with E-state index in [2.05, 4.69) is 21.4 Å². The van der Waals surface area contributed by atoms with Crippen molar-refractivity contribution in [1.82, 2.24) is 15.2 Å². The summed E-state index contributed by atoms with van der Waals surface area (Å²) >= 11 is 0. The summed E-state index contributed by atoms with van der Waals surface area (Å²) in [5.74, 6) is 0.617. The smallest absolute Gasteiger partial charge is 0.268 e. The molecule has 2 N–H and O–H groups in total. The van der Waals surface area contributed by atoms with E-state index >= 15 is 0 Å². The van der Waals surface area contributed by atoms with Crippen LogP contribution in [-0.2, 0) is 16.1 Å². The van der Waals surface area contributed by atoms with E-state index in [9.17, 15) is 9.59 Å². The van der Waals surface area contributed by atoms with Gasteiger partial charge < -0.3 is 24.7 Å². The van der Waals surface area contributed by atoms with E-state index in [4.69, 9.17) is 9.47 Å². The summed E-state index contributed by atoms with van der Waals surface area (Å²) in [6, 6.07) is 5.71. The largest absolute Gasteiger partial charge is 0.497 e. The molecule has 0 spiro atoms. The van der Waals surface area contributed by atoms with Gasteiger partial charge in [0.1, 0.15) is 12.3 Å². The Morgan fingerprint density at radius 1 is 1.35 bits per heavy atom. The number of rotatable bonds is 5. The molecule has 0 saturated carbocycles. The van der Waals surface area contributed by atoms with Gasteiger partial charge in [-0.05, 0) is 18.1 Å². The molecule has 0 radical (unpaired) electrons. The Kier molecular flexibility index (Phi) is 5.39. The number of hydrogen-bond acceptors (Lipinski definition) is 5. The molecular weight excluding hydrogens is 396 g/mol. The fourth-order valence-electron chi connectivity index (χ4n) is 4.07. The number of nitrogens with zero attached hydrogens (tertiary/aromatic N) is 2. The average Bonchev–Trinajstić information content (AvgIpc) is 3.22. The Labute approximate surface area is 181 Å². The number of hydrogen-bond donors (Lipinski definition) is 2. The number of anilines is 1. The highest BCUT2D eigenvalue weighted by Crippen LogP contribution is 2.46. The fourth-order valence-corrected chi connectivity index (χ4v) is 4.07. The van der Waals surface area contributed by atoms with Crippen molar-refractivity contribution in [3.63, 3.8) is 0 Å². The van der Waals surface area contributed by atoms with Crippen LogP contribution < -0.4 is 19.7 Å². The molecule has 2 aromatic rings. The van der Waals surface area contributed by atoms with E-state index in [-0.39, 0.29) is 24.3 Å². The minimum Gasteiger partial charge on any atom is -0.497 e. The van der Waals surface area contributed by atoms with Crippen LogP contribution in [0.5, 0.6) is 11.5 Å². The molecule has 0 fully saturated rings. The molecule has 0 aliphatic carbocycles. The van der Waals surface area contributed by atoms with Gasteiger partial charge in [-0.15, -0.1) is 0 Å². The van der Waals surface area contributed by atoms with E-state index in [0.717, 1.165) is 28.9 Å². The molecule has 164 valence electrons. The summed E-state index contributed by atoms with van der Waals surface area (Å²) in [5.41, 5.74) is 4.50. The van der Waals surface area contributed by atoms with Crippen LogP contribution in [0, 0.1) is 5.92 Å². The molecule has 0 bridgehead atoms. The minimum atomic E-state index is -0.683. The Hall–Kier alpha value is -3.42. The lowest BCUT2D eigenvalue weighted by Crippen LogP contribution is -2.51. The predicted octanol–water partition coefficient (Wildman–Crippen LogP) is 2.35. The van der Waals surface area contributed by atoms with E-state index in [1.54, 1.807) is 20.2 Å². The summed E-state index contributed by atoms with van der Waals surface area (Å²) in [4.78, 5) is 32.3. The lowest BCUT2D eigenvalue weighted by Gasteiger charge is -2.37. The first kappa shape index (κ1) is 20.8. The van der Waals surface area contributed by atoms with E-state index in [1.165, 1.54) is 4.90 Å². The quantitative estimate of drug-likeness (QED) is 0.770. The molecule has 2 amide bonds. The number of aromatic nitrogens is 1. The first-order valence-corrected chi connectivity index (χ1v) is 10.3. The summed E-state index contributed by atoms with van der Waals surface area (Å²) in [6.45, 7) is 4.56. The lowest BCUT2D eigenvalue weighted by molar-refractivity contribution is -0.130. The number of methoxy groups -OCH3 is 1. The first-order chi connectivity index (χ1) is 14.8. The molecule has 8 nitrogen and oxygen atoms in total. The molecule has 1 aromatic carbocycles. The number of ether oxygens (including phenoxy) is 2. The van der Waals surface area contributed by atoms with E-state index in [0.29, 0.717) is 17.2 Å². The number of nitrogens with one attached hydrogen (secondary N) is 2. The number of benzene rings is 1. The van der Waals surface area contributed by atoms with Gasteiger partial charge in [0.05, 0.1) is 19.3 Å². The molecule has 4 rings (SSSR count). The number of fused-ring (bicyclic) bond motifs is 2. The second-order valence-corrected chi connectivity index (χ2v) is 8.23. The van der Waals surface area contributed by atoms with Crippen molar-refractivity contribution >= 4 is 23.1 Å². The Bertz CT molecular complexity index is 1060. The van der Waals surface area contributed by atoms with Crippen LogP contribution in [0.4, 0.5) is 5.69 Å². The molecule has 1 unspecified atom stereocenters. The van der Waals surface area contributed by atoms with Crippen molar-refractivity contribution in [2.75, 3.05) is 32.6 Å². The highest BCUT2D eigenvalue weighted by Gasteiger charge is 2.39. The number of carbonyl (C=O) groups excluding carboxylic acids is 2. The van der Waals surface area contributed by atoms with Crippen LogP contribution >= 0.6 is 0 Å². The minimum absolute atomic E-state index is 0.0615. The maximum atomic E-state index is 13.2. The van der Waals surface area contributed by atoms with Crippen molar-refractivity contribution in [2.45, 2.75) is 26.5 Å². The van der Waals surface area contributed by atoms with Crippen LogP contribution in [-0.4, -0.2) is 55.6 Å². The van der Waals surface area contributed by atoms with Crippen LogP contribution in [0.25, 0.3) is 5.57 Å². The van der Waals surface area contributed by atoms with Crippen molar-refractivity contribution in [2.24, 2.45) is 5.92 Å². The van der Waals surface area contributed by atoms with Gasteiger partial charge in [-0.2, -0.15) is 0 Å². The predicted molar refractivity (Wildman–Crippen MR) is 118 cm³/mol. The summed E-state index contributed by atoms with van der Waals surface area (Å²) in [7, 11) is 5.15. The normalized spacial score (nSPS) is 17.7. The number of H-pyrrole nitrogens is 1. The van der Waals surface area contributed by atoms with Gasteiger partial charge in [0, 0.05) is 55.0 Å². The zero-order chi connectivity index (χ0) is 22.3. The second-order valence-electron chi connectivity index (χ2n) is 8.23. The van der Waals surface area contributed by atoms with Gasteiger partial charge >= 0.3 is 0 Å². The molecule has 1 aromatic heterocycles. The molecule has 0 saturated heterocycles. The third kappa shape index (κ3) is 3.62. The molecule has 2 aliphatic rings. The van der Waals surface area contributed by atoms with Crippen LogP contribution in [0.1, 0.15) is 30.7 Å². The number of aromatic amines is 1. The standard InChI is InChI=1S/C23H28N4O4/c1-13(2)21-23(29)27(12-20(28)24-3)19-9-14(30-5)8-16(22(19)31-21)17-10-26(4)11-18-15(17)6-7-25-18/h6-10,13,21,25H,11-12H2,1-5H3,(H,24,28). The zero-order valence-electron chi connectivity index (χ0n) is 18.5. The molecule has 3 heterocycles. The zero-order valence-corrected chi connectivity index (χ0v) is 18.5. The van der Waals surface area contributed by atoms with Gasteiger partial charge in [-0.3, -0.25) is 14.5 Å². The average molecular weight is 425 g/mol. The molecule has 1 atom stereocenters. The highest BCUT2D eigenvalue weighted by atomic mass is 16.5. The van der Waals surface area contributed by atoms with Gasteiger partial charge in [0.2, 0.25) is 5.91 Å². The first-order valence-electron chi connectivity index (χ1n) is 10.3.